The number of rotatable bonds is 3. The number of carbonyl (C=O) groups is 1. The van der Waals surface area contributed by atoms with E-state index in [9.17, 15) is 4.79 Å². The lowest BCUT2D eigenvalue weighted by Gasteiger charge is -2.21. The Labute approximate surface area is 107 Å². The lowest BCUT2D eigenvalue weighted by atomic mass is 9.90. The largest absolute Gasteiger partial charge is 0.497 e. The maximum absolute atomic E-state index is 11.9. The number of carbonyl (C=O) groups excluding carboxylic acids is 1. The van der Waals surface area contributed by atoms with Gasteiger partial charge in [0.15, 0.2) is 5.78 Å². The topological polar surface area (TPSA) is 35.5 Å². The predicted molar refractivity (Wildman–Crippen MR) is 70.6 cm³/mol. The molecule has 0 aliphatic heterocycles. The summed E-state index contributed by atoms with van der Waals surface area (Å²) < 4.78 is 10.3. The molecule has 0 N–H and O–H groups in total. The number of hydrogen-bond donors (Lipinski definition) is 0. The van der Waals surface area contributed by atoms with E-state index in [1.807, 2.05) is 30.3 Å². The fourth-order valence-electron chi connectivity index (χ4n) is 2.15. The lowest BCUT2D eigenvalue weighted by molar-refractivity contribution is -0.119. The first kappa shape index (κ1) is 12.8. The number of allylic oxidation sites excluding steroid dienone is 1. The van der Waals surface area contributed by atoms with Gasteiger partial charge in [-0.15, -0.1) is 0 Å². The van der Waals surface area contributed by atoms with Crippen LogP contribution in [0.25, 0.3) is 6.08 Å². The van der Waals surface area contributed by atoms with Gasteiger partial charge in [-0.25, -0.2) is 0 Å². The Kier molecular flexibility index (Phi) is 4.15. The van der Waals surface area contributed by atoms with Gasteiger partial charge in [0, 0.05) is 13.5 Å². The van der Waals surface area contributed by atoms with E-state index in [1.54, 1.807) is 14.2 Å². The highest BCUT2D eigenvalue weighted by Crippen LogP contribution is 2.24. The minimum atomic E-state index is 0.0884. The average Bonchev–Trinajstić information content (AvgIpc) is 2.42. The lowest BCUT2D eigenvalue weighted by Crippen LogP contribution is -2.23. The normalized spacial score (nSPS) is 22.2. The van der Waals surface area contributed by atoms with E-state index in [1.165, 1.54) is 0 Å². The van der Waals surface area contributed by atoms with E-state index in [4.69, 9.17) is 9.47 Å². The average molecular weight is 246 g/mol. The van der Waals surface area contributed by atoms with Crippen LogP contribution in [0.1, 0.15) is 24.8 Å². The minimum Gasteiger partial charge on any atom is -0.497 e. The summed E-state index contributed by atoms with van der Waals surface area (Å²) in [6, 6.07) is 7.72. The summed E-state index contributed by atoms with van der Waals surface area (Å²) in [5.74, 6) is 1.02. The van der Waals surface area contributed by atoms with E-state index in [0.717, 1.165) is 29.7 Å². The first-order valence-electron chi connectivity index (χ1n) is 6.13. The molecule has 1 aliphatic rings. The van der Waals surface area contributed by atoms with Crippen molar-refractivity contribution in [3.8, 4) is 5.75 Å². The van der Waals surface area contributed by atoms with Crippen molar-refractivity contribution in [2.24, 2.45) is 0 Å². The molecule has 2 rings (SSSR count). The highest BCUT2D eigenvalue weighted by atomic mass is 16.5. The summed E-state index contributed by atoms with van der Waals surface area (Å²) in [6.45, 7) is 0. The summed E-state index contributed by atoms with van der Waals surface area (Å²) in [5, 5.41) is 0. The van der Waals surface area contributed by atoms with Gasteiger partial charge in [-0.1, -0.05) is 12.1 Å². The second-order valence-electron chi connectivity index (χ2n) is 4.47. The van der Waals surface area contributed by atoms with Crippen LogP contribution in [-0.4, -0.2) is 26.1 Å². The van der Waals surface area contributed by atoms with Crippen molar-refractivity contribution in [2.45, 2.75) is 25.4 Å². The molecule has 3 heteroatoms. The molecule has 1 aromatic carbocycles. The van der Waals surface area contributed by atoms with Gasteiger partial charge in [-0.3, -0.25) is 4.79 Å². The van der Waals surface area contributed by atoms with Gasteiger partial charge >= 0.3 is 0 Å². The number of methoxy groups -OCH3 is 2. The number of benzene rings is 1. The molecule has 1 fully saturated rings. The van der Waals surface area contributed by atoms with Crippen molar-refractivity contribution in [2.75, 3.05) is 14.2 Å². The van der Waals surface area contributed by atoms with E-state index < -0.39 is 0 Å². The SMILES string of the molecule is COc1ccc(C=C2CCC(OC)CC2=O)cc1. The third-order valence-corrected chi connectivity index (χ3v) is 3.30. The molecule has 96 valence electrons. The summed E-state index contributed by atoms with van der Waals surface area (Å²) in [7, 11) is 3.30. The van der Waals surface area contributed by atoms with Crippen molar-refractivity contribution in [1.82, 2.24) is 0 Å². The molecular formula is C15H18O3. The Hall–Kier alpha value is -1.61. The summed E-state index contributed by atoms with van der Waals surface area (Å²) in [4.78, 5) is 11.9. The first-order chi connectivity index (χ1) is 8.72. The van der Waals surface area contributed by atoms with Crippen LogP contribution >= 0.6 is 0 Å². The fourth-order valence-corrected chi connectivity index (χ4v) is 2.15. The molecule has 18 heavy (non-hydrogen) atoms. The molecule has 0 bridgehead atoms. The van der Waals surface area contributed by atoms with E-state index in [0.29, 0.717) is 6.42 Å². The minimum absolute atomic E-state index is 0.0884. The van der Waals surface area contributed by atoms with Crippen molar-refractivity contribution in [3.05, 3.63) is 35.4 Å². The van der Waals surface area contributed by atoms with Crippen LogP contribution < -0.4 is 4.74 Å². The van der Waals surface area contributed by atoms with Gasteiger partial charge in [0.05, 0.1) is 13.2 Å². The van der Waals surface area contributed by atoms with Gasteiger partial charge in [0.2, 0.25) is 0 Å². The molecule has 0 saturated heterocycles. The number of ether oxygens (including phenoxy) is 2. The molecular weight excluding hydrogens is 228 g/mol. The highest BCUT2D eigenvalue weighted by Gasteiger charge is 2.23. The van der Waals surface area contributed by atoms with E-state index in [-0.39, 0.29) is 11.9 Å². The second kappa shape index (κ2) is 5.83. The Morgan fingerprint density at radius 1 is 1.22 bits per heavy atom. The first-order valence-corrected chi connectivity index (χ1v) is 6.13. The Morgan fingerprint density at radius 3 is 2.50 bits per heavy atom. The molecule has 3 nitrogen and oxygen atoms in total. The molecule has 1 atom stereocenters. The van der Waals surface area contributed by atoms with Gasteiger partial charge in [0.1, 0.15) is 5.75 Å². The number of ketones is 1. The van der Waals surface area contributed by atoms with Crippen LogP contribution in [0.15, 0.2) is 29.8 Å². The molecule has 1 unspecified atom stereocenters. The second-order valence-corrected chi connectivity index (χ2v) is 4.47. The number of Topliss-reactive ketones (excluding diaryl/α,β-unsaturated/α-hetero) is 1. The van der Waals surface area contributed by atoms with E-state index in [2.05, 4.69) is 0 Å². The zero-order valence-electron chi connectivity index (χ0n) is 10.8. The van der Waals surface area contributed by atoms with Crippen LogP contribution in [0.5, 0.6) is 5.75 Å². The van der Waals surface area contributed by atoms with Crippen molar-refractivity contribution in [3.63, 3.8) is 0 Å². The Bertz CT molecular complexity index is 445. The number of hydrogen-bond acceptors (Lipinski definition) is 3. The van der Waals surface area contributed by atoms with Gasteiger partial charge in [-0.05, 0) is 42.2 Å². The zero-order chi connectivity index (χ0) is 13.0. The summed E-state index contributed by atoms with van der Waals surface area (Å²) in [5.41, 5.74) is 1.93. The van der Waals surface area contributed by atoms with Crippen molar-refractivity contribution < 1.29 is 14.3 Å². The smallest absolute Gasteiger partial charge is 0.161 e. The Balaban J connectivity index is 2.10. The van der Waals surface area contributed by atoms with Gasteiger partial charge in [0.25, 0.3) is 0 Å². The third-order valence-electron chi connectivity index (χ3n) is 3.30. The predicted octanol–water partition coefficient (Wildman–Crippen LogP) is 2.85. The molecule has 1 aromatic rings. The molecule has 0 radical (unpaired) electrons. The molecule has 0 amide bonds. The van der Waals surface area contributed by atoms with Crippen LogP contribution in [-0.2, 0) is 9.53 Å². The summed E-state index contributed by atoms with van der Waals surface area (Å²) in [6.07, 6.45) is 4.27. The molecule has 1 aliphatic carbocycles. The fraction of sp³-hybridized carbons (Fsp3) is 0.400. The highest BCUT2D eigenvalue weighted by molar-refractivity contribution is 6.00. The van der Waals surface area contributed by atoms with Crippen LogP contribution in [0.3, 0.4) is 0 Å². The molecule has 0 spiro atoms. The molecule has 1 saturated carbocycles. The van der Waals surface area contributed by atoms with Crippen LogP contribution in [0, 0.1) is 0 Å². The van der Waals surface area contributed by atoms with Crippen LogP contribution in [0.2, 0.25) is 0 Å². The molecule has 0 aromatic heterocycles. The van der Waals surface area contributed by atoms with Crippen LogP contribution in [0.4, 0.5) is 0 Å². The Morgan fingerprint density at radius 2 is 1.94 bits per heavy atom. The standard InChI is InChI=1S/C15H18O3/c1-17-13-6-3-11(4-7-13)9-12-5-8-14(18-2)10-15(12)16/h3-4,6-7,9,14H,5,8,10H2,1-2H3. The van der Waals surface area contributed by atoms with Crippen molar-refractivity contribution >= 4 is 11.9 Å². The van der Waals surface area contributed by atoms with Gasteiger partial charge < -0.3 is 9.47 Å². The maximum atomic E-state index is 11.9. The zero-order valence-corrected chi connectivity index (χ0v) is 10.8. The quantitative estimate of drug-likeness (QED) is 0.769. The monoisotopic (exact) mass is 246 g/mol. The van der Waals surface area contributed by atoms with Gasteiger partial charge in [-0.2, -0.15) is 0 Å². The molecule has 0 heterocycles. The third kappa shape index (κ3) is 2.99. The van der Waals surface area contributed by atoms with Crippen molar-refractivity contribution in [1.29, 1.82) is 0 Å². The maximum Gasteiger partial charge on any atom is 0.161 e. The van der Waals surface area contributed by atoms with E-state index >= 15 is 0 Å². The summed E-state index contributed by atoms with van der Waals surface area (Å²) >= 11 is 0.